The second kappa shape index (κ2) is 8.89. The number of ether oxygens (including phenoxy) is 1. The molecule has 2 aliphatic heterocycles. The average molecular weight is 373 g/mol. The zero-order chi connectivity index (χ0) is 19.3. The van der Waals surface area contributed by atoms with Gasteiger partial charge in [-0.25, -0.2) is 0 Å². The third kappa shape index (κ3) is 5.11. The van der Waals surface area contributed by atoms with Crippen molar-refractivity contribution < 1.29 is 14.6 Å². The molecule has 2 fully saturated rings. The van der Waals surface area contributed by atoms with Crippen molar-refractivity contribution in [1.82, 2.24) is 9.80 Å². The first kappa shape index (κ1) is 19.9. The summed E-state index contributed by atoms with van der Waals surface area (Å²) in [4.78, 5) is 16.9. The SMILES string of the molecule is CC(C)=CCN1CC2(CCN(Cc3ccccc3OCCO)CC2)CC1=O. The summed E-state index contributed by atoms with van der Waals surface area (Å²) in [5.74, 6) is 1.17. The van der Waals surface area contributed by atoms with Crippen LogP contribution in [-0.4, -0.2) is 60.2 Å². The molecule has 148 valence electrons. The normalized spacial score (nSPS) is 19.5. The van der Waals surface area contributed by atoms with Gasteiger partial charge in [0.1, 0.15) is 12.4 Å². The van der Waals surface area contributed by atoms with E-state index in [2.05, 4.69) is 30.9 Å². The molecule has 0 aromatic heterocycles. The Morgan fingerprint density at radius 3 is 2.70 bits per heavy atom. The Hall–Kier alpha value is -1.85. The number of para-hydroxylation sites is 1. The monoisotopic (exact) mass is 372 g/mol. The fourth-order valence-electron chi connectivity index (χ4n) is 4.13. The number of aliphatic hydroxyl groups excluding tert-OH is 1. The number of hydrogen-bond donors (Lipinski definition) is 1. The van der Waals surface area contributed by atoms with E-state index in [1.54, 1.807) is 0 Å². The molecule has 0 unspecified atom stereocenters. The van der Waals surface area contributed by atoms with Crippen LogP contribution in [0, 0.1) is 5.41 Å². The van der Waals surface area contributed by atoms with Crippen LogP contribution in [0.25, 0.3) is 0 Å². The van der Waals surface area contributed by atoms with Gasteiger partial charge in [-0.1, -0.05) is 29.8 Å². The van der Waals surface area contributed by atoms with Gasteiger partial charge in [-0.3, -0.25) is 9.69 Å². The number of likely N-dealkylation sites (tertiary alicyclic amines) is 2. The Labute approximate surface area is 162 Å². The van der Waals surface area contributed by atoms with Crippen molar-refractivity contribution in [3.05, 3.63) is 41.5 Å². The van der Waals surface area contributed by atoms with Gasteiger partial charge in [0.05, 0.1) is 6.61 Å². The van der Waals surface area contributed by atoms with Gasteiger partial charge in [0.25, 0.3) is 0 Å². The average Bonchev–Trinajstić information content (AvgIpc) is 2.96. The predicted octanol–water partition coefficient (Wildman–Crippen LogP) is 2.84. The van der Waals surface area contributed by atoms with Crippen molar-refractivity contribution >= 4 is 5.91 Å². The maximum atomic E-state index is 12.4. The summed E-state index contributed by atoms with van der Waals surface area (Å²) >= 11 is 0. The lowest BCUT2D eigenvalue weighted by Crippen LogP contribution is -2.41. The van der Waals surface area contributed by atoms with Crippen LogP contribution in [0.3, 0.4) is 0 Å². The molecular formula is C22H32N2O3. The smallest absolute Gasteiger partial charge is 0.223 e. The summed E-state index contributed by atoms with van der Waals surface area (Å²) in [6.45, 7) is 9.04. The molecule has 3 rings (SSSR count). The van der Waals surface area contributed by atoms with Gasteiger partial charge >= 0.3 is 0 Å². The van der Waals surface area contributed by atoms with Crippen molar-refractivity contribution in [2.75, 3.05) is 39.4 Å². The highest BCUT2D eigenvalue weighted by molar-refractivity contribution is 5.79. The van der Waals surface area contributed by atoms with E-state index in [1.807, 2.05) is 23.1 Å². The Morgan fingerprint density at radius 1 is 1.26 bits per heavy atom. The number of carbonyl (C=O) groups is 1. The van der Waals surface area contributed by atoms with E-state index in [1.165, 1.54) is 5.57 Å². The number of hydrogen-bond acceptors (Lipinski definition) is 4. The molecule has 27 heavy (non-hydrogen) atoms. The van der Waals surface area contributed by atoms with Gasteiger partial charge in [0.15, 0.2) is 0 Å². The topological polar surface area (TPSA) is 53.0 Å². The minimum atomic E-state index is 0.0256. The zero-order valence-electron chi connectivity index (χ0n) is 16.6. The van der Waals surface area contributed by atoms with E-state index < -0.39 is 0 Å². The van der Waals surface area contributed by atoms with Gasteiger partial charge in [0, 0.05) is 31.6 Å². The molecular weight excluding hydrogens is 340 g/mol. The summed E-state index contributed by atoms with van der Waals surface area (Å²) < 4.78 is 5.66. The summed E-state index contributed by atoms with van der Waals surface area (Å²) in [6, 6.07) is 8.06. The van der Waals surface area contributed by atoms with Crippen molar-refractivity contribution in [2.45, 2.75) is 39.7 Å². The van der Waals surface area contributed by atoms with Gasteiger partial charge in [-0.05, 0) is 51.3 Å². The first-order chi connectivity index (χ1) is 13.0. The Morgan fingerprint density at radius 2 is 2.00 bits per heavy atom. The van der Waals surface area contributed by atoms with E-state index in [9.17, 15) is 4.79 Å². The second-order valence-electron chi connectivity index (χ2n) is 8.19. The molecule has 5 nitrogen and oxygen atoms in total. The number of piperidine rings is 1. The second-order valence-corrected chi connectivity index (χ2v) is 8.19. The number of amides is 1. The third-order valence-electron chi connectivity index (χ3n) is 5.76. The molecule has 5 heteroatoms. The van der Waals surface area contributed by atoms with Crippen LogP contribution in [0.5, 0.6) is 5.75 Å². The molecule has 0 aliphatic carbocycles. The maximum absolute atomic E-state index is 12.4. The number of benzene rings is 1. The minimum absolute atomic E-state index is 0.0256. The molecule has 0 saturated carbocycles. The Balaban J connectivity index is 1.55. The van der Waals surface area contributed by atoms with Crippen molar-refractivity contribution in [2.24, 2.45) is 5.41 Å². The van der Waals surface area contributed by atoms with Crippen molar-refractivity contribution in [3.63, 3.8) is 0 Å². The first-order valence-corrected chi connectivity index (χ1v) is 9.96. The van der Waals surface area contributed by atoms with Gasteiger partial charge < -0.3 is 14.7 Å². The number of allylic oxidation sites excluding steroid dienone is 1. The standard InChI is InChI=1S/C22H32N2O3/c1-18(2)7-10-24-17-22(15-21(24)26)8-11-23(12-9-22)16-19-5-3-4-6-20(19)27-14-13-25/h3-7,25H,8-17H2,1-2H3. The predicted molar refractivity (Wildman–Crippen MR) is 107 cm³/mol. The van der Waals surface area contributed by atoms with Crippen LogP contribution in [0.2, 0.25) is 0 Å². The lowest BCUT2D eigenvalue weighted by atomic mass is 9.77. The van der Waals surface area contributed by atoms with Crippen LogP contribution < -0.4 is 4.74 Å². The molecule has 2 aliphatic rings. The zero-order valence-corrected chi connectivity index (χ0v) is 16.6. The van der Waals surface area contributed by atoms with Crippen molar-refractivity contribution in [3.8, 4) is 5.75 Å². The minimum Gasteiger partial charge on any atom is -0.491 e. The van der Waals surface area contributed by atoms with E-state index in [0.717, 1.165) is 56.9 Å². The highest BCUT2D eigenvalue weighted by atomic mass is 16.5. The van der Waals surface area contributed by atoms with Gasteiger partial charge in [0.2, 0.25) is 5.91 Å². The molecule has 0 radical (unpaired) electrons. The van der Waals surface area contributed by atoms with Crippen LogP contribution in [0.4, 0.5) is 0 Å². The highest BCUT2D eigenvalue weighted by Gasteiger charge is 2.44. The molecule has 0 bridgehead atoms. The fraction of sp³-hybridized carbons (Fsp3) is 0.591. The molecule has 0 atom stereocenters. The van der Waals surface area contributed by atoms with E-state index in [4.69, 9.17) is 9.84 Å². The number of carbonyl (C=O) groups excluding carboxylic acids is 1. The van der Waals surface area contributed by atoms with E-state index in [-0.39, 0.29) is 12.0 Å². The molecule has 2 saturated heterocycles. The van der Waals surface area contributed by atoms with E-state index >= 15 is 0 Å². The molecule has 1 amide bonds. The Kier molecular flexibility index (Phi) is 6.55. The van der Waals surface area contributed by atoms with Gasteiger partial charge in [-0.15, -0.1) is 0 Å². The number of rotatable bonds is 7. The van der Waals surface area contributed by atoms with Crippen LogP contribution in [0.1, 0.15) is 38.7 Å². The van der Waals surface area contributed by atoms with Crippen molar-refractivity contribution in [1.29, 1.82) is 0 Å². The summed E-state index contributed by atoms with van der Waals surface area (Å²) in [5, 5.41) is 9.00. The number of nitrogens with zero attached hydrogens (tertiary/aromatic N) is 2. The maximum Gasteiger partial charge on any atom is 0.223 e. The molecule has 1 N–H and O–H groups in total. The van der Waals surface area contributed by atoms with Crippen LogP contribution in [-0.2, 0) is 11.3 Å². The fourth-order valence-corrected chi connectivity index (χ4v) is 4.13. The lowest BCUT2D eigenvalue weighted by molar-refractivity contribution is -0.127. The molecule has 1 spiro atoms. The summed E-state index contributed by atoms with van der Waals surface area (Å²) in [6.07, 6.45) is 5.00. The first-order valence-electron chi connectivity index (χ1n) is 9.96. The van der Waals surface area contributed by atoms with Crippen LogP contribution >= 0.6 is 0 Å². The highest BCUT2D eigenvalue weighted by Crippen LogP contribution is 2.41. The molecule has 1 aromatic carbocycles. The van der Waals surface area contributed by atoms with E-state index in [0.29, 0.717) is 18.9 Å². The van der Waals surface area contributed by atoms with Crippen LogP contribution in [0.15, 0.2) is 35.9 Å². The summed E-state index contributed by atoms with van der Waals surface area (Å²) in [7, 11) is 0. The number of aliphatic hydroxyl groups is 1. The quantitative estimate of drug-likeness (QED) is 0.748. The molecule has 2 heterocycles. The largest absolute Gasteiger partial charge is 0.491 e. The summed E-state index contributed by atoms with van der Waals surface area (Å²) in [5.41, 5.74) is 2.59. The Bertz CT molecular complexity index is 674. The van der Waals surface area contributed by atoms with Gasteiger partial charge in [-0.2, -0.15) is 0 Å². The molecule has 1 aromatic rings. The third-order valence-corrected chi connectivity index (χ3v) is 5.76. The lowest BCUT2D eigenvalue weighted by Gasteiger charge is -2.39.